The monoisotopic (exact) mass is 477 g/mol. The second kappa shape index (κ2) is 9.23. The number of amides is 1. The third-order valence-corrected chi connectivity index (χ3v) is 6.42. The number of aryl methyl sites for hydroxylation is 1. The zero-order chi connectivity index (χ0) is 24.6. The van der Waals surface area contributed by atoms with E-state index in [9.17, 15) is 14.7 Å². The van der Waals surface area contributed by atoms with Gasteiger partial charge in [0.1, 0.15) is 17.3 Å². The van der Waals surface area contributed by atoms with E-state index in [1.807, 2.05) is 56.3 Å². The number of aliphatic hydroxyl groups excluding tert-OH is 1. The summed E-state index contributed by atoms with van der Waals surface area (Å²) in [5, 5.41) is 11.7. The van der Waals surface area contributed by atoms with E-state index in [2.05, 4.69) is 0 Å². The average molecular weight is 478 g/mol. The lowest BCUT2D eigenvalue weighted by atomic mass is 9.94. The number of halogens is 1. The van der Waals surface area contributed by atoms with Crippen LogP contribution < -0.4 is 14.4 Å². The molecule has 0 aliphatic carbocycles. The Labute approximate surface area is 203 Å². The van der Waals surface area contributed by atoms with Crippen LogP contribution >= 0.6 is 11.6 Å². The number of aliphatic hydroxyl groups is 1. The number of methoxy groups -OCH3 is 2. The molecule has 4 rings (SSSR count). The Hall–Kier alpha value is -3.77. The highest BCUT2D eigenvalue weighted by Crippen LogP contribution is 2.45. The molecule has 0 spiro atoms. The largest absolute Gasteiger partial charge is 0.507 e. The maximum absolute atomic E-state index is 13.4. The summed E-state index contributed by atoms with van der Waals surface area (Å²) in [6, 6.07) is 16.9. The number of benzene rings is 3. The molecule has 3 aromatic carbocycles. The molecule has 0 radical (unpaired) electrons. The number of rotatable bonds is 5. The SMILES string of the molecule is COc1cc(OC)c(/C(O)=C2\C(=O)C(=O)N(c3cccc(C)c3C)C2c2ccccc2)cc1Cl. The van der Waals surface area contributed by atoms with Crippen molar-refractivity contribution in [2.24, 2.45) is 0 Å². The number of carbonyl (C=O) groups is 2. The average Bonchev–Trinajstić information content (AvgIpc) is 3.11. The number of ketones is 1. The first-order valence-corrected chi connectivity index (χ1v) is 11.0. The van der Waals surface area contributed by atoms with Gasteiger partial charge in [0, 0.05) is 11.8 Å². The second-order valence-corrected chi connectivity index (χ2v) is 8.39. The molecule has 1 N–H and O–H groups in total. The van der Waals surface area contributed by atoms with Gasteiger partial charge in [-0.2, -0.15) is 0 Å². The molecule has 0 bridgehead atoms. The van der Waals surface area contributed by atoms with Crippen LogP contribution in [0.1, 0.15) is 28.3 Å². The van der Waals surface area contributed by atoms with Gasteiger partial charge in [-0.25, -0.2) is 0 Å². The summed E-state index contributed by atoms with van der Waals surface area (Å²) < 4.78 is 10.7. The summed E-state index contributed by atoms with van der Waals surface area (Å²) in [6.07, 6.45) is 0. The number of hydrogen-bond acceptors (Lipinski definition) is 5. The highest BCUT2D eigenvalue weighted by atomic mass is 35.5. The van der Waals surface area contributed by atoms with Crippen molar-refractivity contribution in [3.05, 3.63) is 93.5 Å². The predicted molar refractivity (Wildman–Crippen MR) is 132 cm³/mol. The van der Waals surface area contributed by atoms with Crippen LogP contribution in [0.25, 0.3) is 5.76 Å². The number of anilines is 1. The van der Waals surface area contributed by atoms with Gasteiger partial charge in [0.25, 0.3) is 11.7 Å². The van der Waals surface area contributed by atoms with Crippen molar-refractivity contribution < 1.29 is 24.2 Å². The molecule has 1 aliphatic heterocycles. The quantitative estimate of drug-likeness (QED) is 0.294. The van der Waals surface area contributed by atoms with Crippen molar-refractivity contribution in [2.45, 2.75) is 19.9 Å². The van der Waals surface area contributed by atoms with Gasteiger partial charge in [0.05, 0.1) is 36.4 Å². The lowest BCUT2D eigenvalue weighted by Gasteiger charge is -2.27. The molecule has 7 heteroatoms. The van der Waals surface area contributed by atoms with E-state index in [4.69, 9.17) is 21.1 Å². The Kier molecular flexibility index (Phi) is 6.35. The Balaban J connectivity index is 2.01. The van der Waals surface area contributed by atoms with Gasteiger partial charge in [-0.3, -0.25) is 14.5 Å². The second-order valence-electron chi connectivity index (χ2n) is 7.99. The first-order valence-electron chi connectivity index (χ1n) is 10.6. The van der Waals surface area contributed by atoms with Gasteiger partial charge < -0.3 is 14.6 Å². The molecular weight excluding hydrogens is 454 g/mol. The first-order chi connectivity index (χ1) is 16.3. The summed E-state index contributed by atoms with van der Waals surface area (Å²) in [5.74, 6) is -1.28. The van der Waals surface area contributed by atoms with E-state index in [0.29, 0.717) is 17.0 Å². The summed E-state index contributed by atoms with van der Waals surface area (Å²) in [6.45, 7) is 3.84. The van der Waals surface area contributed by atoms with Crippen LogP contribution in [0.3, 0.4) is 0 Å². The molecule has 1 aliphatic rings. The van der Waals surface area contributed by atoms with Crippen molar-refractivity contribution in [3.63, 3.8) is 0 Å². The van der Waals surface area contributed by atoms with Gasteiger partial charge in [-0.05, 0) is 42.7 Å². The van der Waals surface area contributed by atoms with Gasteiger partial charge in [0.15, 0.2) is 0 Å². The third kappa shape index (κ3) is 3.80. The molecule has 6 nitrogen and oxygen atoms in total. The van der Waals surface area contributed by atoms with E-state index < -0.39 is 17.7 Å². The lowest BCUT2D eigenvalue weighted by Crippen LogP contribution is -2.30. The van der Waals surface area contributed by atoms with E-state index in [0.717, 1.165) is 11.1 Å². The molecule has 0 saturated carbocycles. The standard InChI is InChI=1S/C27H24ClNO5/c1-15-9-8-12-20(16(15)2)29-24(17-10-6-5-7-11-17)23(26(31)27(29)32)25(30)18-13-19(28)22(34-4)14-21(18)33-3/h5-14,24,30H,1-4H3/b25-23+. The summed E-state index contributed by atoms with van der Waals surface area (Å²) in [5.41, 5.74) is 3.28. The van der Waals surface area contributed by atoms with E-state index in [-0.39, 0.29) is 27.7 Å². The van der Waals surface area contributed by atoms with E-state index in [1.165, 1.54) is 31.3 Å². The number of ether oxygens (including phenoxy) is 2. The molecule has 1 atom stereocenters. The van der Waals surface area contributed by atoms with Crippen LogP contribution in [-0.4, -0.2) is 31.0 Å². The highest BCUT2D eigenvalue weighted by Gasteiger charge is 2.47. The first kappa shape index (κ1) is 23.4. The fraction of sp³-hybridized carbons (Fsp3) is 0.185. The molecule has 1 saturated heterocycles. The summed E-state index contributed by atoms with van der Waals surface area (Å²) in [4.78, 5) is 28.2. The minimum atomic E-state index is -0.840. The van der Waals surface area contributed by atoms with Crippen LogP contribution in [0.15, 0.2) is 66.2 Å². The molecule has 1 fully saturated rings. The normalized spacial score (nSPS) is 17.2. The van der Waals surface area contributed by atoms with Gasteiger partial charge in [0.2, 0.25) is 0 Å². The Morgan fingerprint density at radius 3 is 2.26 bits per heavy atom. The Bertz CT molecular complexity index is 1320. The van der Waals surface area contributed by atoms with E-state index >= 15 is 0 Å². The van der Waals surface area contributed by atoms with Crippen LogP contribution in [0.2, 0.25) is 5.02 Å². The zero-order valence-electron chi connectivity index (χ0n) is 19.3. The van der Waals surface area contributed by atoms with Crippen LogP contribution in [0.4, 0.5) is 5.69 Å². The third-order valence-electron chi connectivity index (χ3n) is 6.12. The van der Waals surface area contributed by atoms with Crippen LogP contribution in [-0.2, 0) is 9.59 Å². The van der Waals surface area contributed by atoms with Gasteiger partial charge in [-0.15, -0.1) is 0 Å². The smallest absolute Gasteiger partial charge is 0.300 e. The van der Waals surface area contributed by atoms with Crippen molar-refractivity contribution in [1.29, 1.82) is 0 Å². The predicted octanol–water partition coefficient (Wildman–Crippen LogP) is 5.60. The van der Waals surface area contributed by atoms with Crippen molar-refractivity contribution in [1.82, 2.24) is 0 Å². The highest BCUT2D eigenvalue weighted by molar-refractivity contribution is 6.52. The van der Waals surface area contributed by atoms with Crippen LogP contribution in [0.5, 0.6) is 11.5 Å². The fourth-order valence-corrected chi connectivity index (χ4v) is 4.46. The topological polar surface area (TPSA) is 76.1 Å². The van der Waals surface area contributed by atoms with Crippen LogP contribution in [0, 0.1) is 13.8 Å². The molecular formula is C27H24ClNO5. The zero-order valence-corrected chi connectivity index (χ0v) is 20.0. The van der Waals surface area contributed by atoms with Gasteiger partial charge >= 0.3 is 0 Å². The Morgan fingerprint density at radius 1 is 0.941 bits per heavy atom. The molecule has 3 aromatic rings. The number of carbonyl (C=O) groups excluding carboxylic acids is 2. The van der Waals surface area contributed by atoms with Crippen molar-refractivity contribution in [3.8, 4) is 11.5 Å². The van der Waals surface area contributed by atoms with Gasteiger partial charge in [-0.1, -0.05) is 54.1 Å². The fourth-order valence-electron chi connectivity index (χ4n) is 4.22. The minimum absolute atomic E-state index is 0.0448. The van der Waals surface area contributed by atoms with Crippen molar-refractivity contribution in [2.75, 3.05) is 19.1 Å². The molecule has 1 heterocycles. The molecule has 1 amide bonds. The minimum Gasteiger partial charge on any atom is -0.507 e. The number of hydrogen-bond donors (Lipinski definition) is 1. The molecule has 0 aromatic heterocycles. The summed E-state index contributed by atoms with van der Waals surface area (Å²) >= 11 is 6.31. The van der Waals surface area contributed by atoms with E-state index in [1.54, 1.807) is 6.07 Å². The molecule has 34 heavy (non-hydrogen) atoms. The summed E-state index contributed by atoms with van der Waals surface area (Å²) in [7, 11) is 2.90. The number of Topliss-reactive ketones (excluding diaryl/α,β-unsaturated/α-hetero) is 1. The van der Waals surface area contributed by atoms with Crippen molar-refractivity contribution >= 4 is 34.7 Å². The molecule has 174 valence electrons. The molecule has 1 unspecified atom stereocenters. The Morgan fingerprint density at radius 2 is 1.62 bits per heavy atom. The maximum atomic E-state index is 13.4. The lowest BCUT2D eigenvalue weighted by molar-refractivity contribution is -0.132. The number of nitrogens with zero attached hydrogens (tertiary/aromatic N) is 1. The maximum Gasteiger partial charge on any atom is 0.300 e.